The Balaban J connectivity index is 1.87. The van der Waals surface area contributed by atoms with Crippen molar-refractivity contribution < 1.29 is 14.3 Å². The third-order valence-corrected chi connectivity index (χ3v) is 3.68. The van der Waals surface area contributed by atoms with Crippen molar-refractivity contribution in [1.29, 1.82) is 0 Å². The monoisotopic (exact) mass is 324 g/mol. The van der Waals surface area contributed by atoms with E-state index in [1.165, 1.54) is 4.90 Å². The first-order valence-corrected chi connectivity index (χ1v) is 7.98. The molecule has 0 unspecified atom stereocenters. The lowest BCUT2D eigenvalue weighted by molar-refractivity contribution is -0.115. The summed E-state index contributed by atoms with van der Waals surface area (Å²) in [5, 5.41) is 2.78. The van der Waals surface area contributed by atoms with E-state index in [9.17, 15) is 9.59 Å². The van der Waals surface area contributed by atoms with E-state index in [1.807, 2.05) is 24.3 Å². The Kier molecular flexibility index (Phi) is 4.51. The van der Waals surface area contributed by atoms with E-state index < -0.39 is 0 Å². The van der Waals surface area contributed by atoms with Crippen molar-refractivity contribution in [2.75, 3.05) is 23.4 Å². The highest BCUT2D eigenvalue weighted by atomic mass is 16.5. The predicted octanol–water partition coefficient (Wildman–Crippen LogP) is 3.32. The smallest absolute Gasteiger partial charge is 0.258 e. The quantitative estimate of drug-likeness (QED) is 0.938. The van der Waals surface area contributed by atoms with Crippen LogP contribution in [0.1, 0.15) is 24.2 Å². The van der Waals surface area contributed by atoms with Gasteiger partial charge in [0.2, 0.25) is 5.91 Å². The fourth-order valence-corrected chi connectivity index (χ4v) is 2.55. The molecule has 2 aromatic rings. The number of hydrogen-bond acceptors (Lipinski definition) is 3. The SMILES string of the molecule is CC(C)COc1cccc(C(=O)N2CC(=O)Nc3ccccc32)c1. The number of nitrogens with zero attached hydrogens (tertiary/aromatic N) is 1. The molecule has 0 saturated carbocycles. The maximum Gasteiger partial charge on any atom is 0.258 e. The maximum atomic E-state index is 12.9. The van der Waals surface area contributed by atoms with Crippen molar-refractivity contribution in [1.82, 2.24) is 0 Å². The van der Waals surface area contributed by atoms with Gasteiger partial charge in [0.05, 0.1) is 18.0 Å². The summed E-state index contributed by atoms with van der Waals surface area (Å²) in [4.78, 5) is 26.3. The Morgan fingerprint density at radius 3 is 2.79 bits per heavy atom. The number of nitrogens with one attached hydrogen (secondary N) is 1. The number of rotatable bonds is 4. The van der Waals surface area contributed by atoms with E-state index in [2.05, 4.69) is 19.2 Å². The molecule has 1 heterocycles. The summed E-state index contributed by atoms with van der Waals surface area (Å²) in [6.07, 6.45) is 0. The highest BCUT2D eigenvalue weighted by Gasteiger charge is 2.27. The summed E-state index contributed by atoms with van der Waals surface area (Å²) in [7, 11) is 0. The molecule has 0 bridgehead atoms. The molecule has 24 heavy (non-hydrogen) atoms. The average Bonchev–Trinajstić information content (AvgIpc) is 2.58. The van der Waals surface area contributed by atoms with Gasteiger partial charge in [-0.2, -0.15) is 0 Å². The Morgan fingerprint density at radius 1 is 1.21 bits per heavy atom. The molecule has 5 nitrogen and oxygen atoms in total. The zero-order valence-corrected chi connectivity index (χ0v) is 13.8. The van der Waals surface area contributed by atoms with Gasteiger partial charge in [0.1, 0.15) is 12.3 Å². The second-order valence-corrected chi connectivity index (χ2v) is 6.19. The molecule has 0 atom stereocenters. The minimum Gasteiger partial charge on any atom is -0.493 e. The minimum absolute atomic E-state index is 0.00687. The molecular weight excluding hydrogens is 304 g/mol. The molecule has 0 aliphatic carbocycles. The number of hydrogen-bond donors (Lipinski definition) is 1. The number of benzene rings is 2. The van der Waals surface area contributed by atoms with Gasteiger partial charge in [0.15, 0.2) is 0 Å². The van der Waals surface area contributed by atoms with Crippen molar-refractivity contribution in [3.8, 4) is 5.75 Å². The van der Waals surface area contributed by atoms with Crippen LogP contribution in [-0.2, 0) is 4.79 Å². The minimum atomic E-state index is -0.215. The van der Waals surface area contributed by atoms with Crippen LogP contribution in [0, 0.1) is 5.92 Å². The fourth-order valence-electron chi connectivity index (χ4n) is 2.55. The third kappa shape index (κ3) is 3.40. The topological polar surface area (TPSA) is 58.6 Å². The molecule has 0 saturated heterocycles. The Morgan fingerprint density at radius 2 is 2.00 bits per heavy atom. The van der Waals surface area contributed by atoms with Gasteiger partial charge in [-0.3, -0.25) is 14.5 Å². The van der Waals surface area contributed by atoms with E-state index in [1.54, 1.807) is 24.3 Å². The molecule has 0 radical (unpaired) electrons. The van der Waals surface area contributed by atoms with Gasteiger partial charge >= 0.3 is 0 Å². The van der Waals surface area contributed by atoms with Crippen molar-refractivity contribution in [2.45, 2.75) is 13.8 Å². The van der Waals surface area contributed by atoms with Gasteiger partial charge in [0, 0.05) is 5.56 Å². The molecular formula is C19H20N2O3. The summed E-state index contributed by atoms with van der Waals surface area (Å²) >= 11 is 0. The number of para-hydroxylation sites is 2. The van der Waals surface area contributed by atoms with Gasteiger partial charge in [-0.25, -0.2) is 0 Å². The van der Waals surface area contributed by atoms with Crippen molar-refractivity contribution in [3.63, 3.8) is 0 Å². The lowest BCUT2D eigenvalue weighted by Crippen LogP contribution is -2.42. The van der Waals surface area contributed by atoms with Crippen molar-refractivity contribution in [3.05, 3.63) is 54.1 Å². The van der Waals surface area contributed by atoms with Crippen LogP contribution in [0.2, 0.25) is 0 Å². The number of fused-ring (bicyclic) bond motifs is 1. The van der Waals surface area contributed by atoms with Crippen molar-refractivity contribution in [2.24, 2.45) is 5.92 Å². The predicted molar refractivity (Wildman–Crippen MR) is 93.5 cm³/mol. The lowest BCUT2D eigenvalue weighted by atomic mass is 10.1. The number of ether oxygens (including phenoxy) is 1. The van der Waals surface area contributed by atoms with E-state index >= 15 is 0 Å². The third-order valence-electron chi connectivity index (χ3n) is 3.68. The highest BCUT2D eigenvalue weighted by Crippen LogP contribution is 2.30. The van der Waals surface area contributed by atoms with Gasteiger partial charge < -0.3 is 10.1 Å². The van der Waals surface area contributed by atoms with Crippen LogP contribution < -0.4 is 15.0 Å². The van der Waals surface area contributed by atoms with Crippen molar-refractivity contribution >= 4 is 23.2 Å². The standard InChI is InChI=1S/C19H20N2O3/c1-13(2)12-24-15-7-5-6-14(10-15)19(23)21-11-18(22)20-16-8-3-4-9-17(16)21/h3-10,13H,11-12H2,1-2H3,(H,20,22). The molecule has 1 aliphatic heterocycles. The molecule has 0 aromatic heterocycles. The fraction of sp³-hybridized carbons (Fsp3) is 0.263. The number of carbonyl (C=O) groups excluding carboxylic acids is 2. The second-order valence-electron chi connectivity index (χ2n) is 6.19. The summed E-state index contributed by atoms with van der Waals surface area (Å²) in [5.41, 5.74) is 1.85. The number of carbonyl (C=O) groups is 2. The van der Waals surface area contributed by atoms with Crippen LogP contribution in [0.5, 0.6) is 5.75 Å². The lowest BCUT2D eigenvalue weighted by Gasteiger charge is -2.29. The Bertz CT molecular complexity index is 771. The van der Waals surface area contributed by atoms with E-state index in [-0.39, 0.29) is 18.4 Å². The molecule has 2 aromatic carbocycles. The first-order valence-electron chi connectivity index (χ1n) is 7.98. The summed E-state index contributed by atoms with van der Waals surface area (Å²) in [5.74, 6) is 0.646. The molecule has 0 fully saturated rings. The molecule has 0 spiro atoms. The summed E-state index contributed by atoms with van der Waals surface area (Å²) < 4.78 is 5.69. The van der Waals surface area contributed by atoms with Crippen LogP contribution >= 0.6 is 0 Å². The molecule has 1 aliphatic rings. The first-order chi connectivity index (χ1) is 11.5. The maximum absolute atomic E-state index is 12.9. The first kappa shape index (κ1) is 16.1. The van der Waals surface area contributed by atoms with Crippen LogP contribution in [0.25, 0.3) is 0 Å². The molecule has 1 N–H and O–H groups in total. The van der Waals surface area contributed by atoms with E-state index in [0.717, 1.165) is 0 Å². The molecule has 2 amide bonds. The van der Waals surface area contributed by atoms with E-state index in [4.69, 9.17) is 4.74 Å². The molecule has 124 valence electrons. The summed E-state index contributed by atoms with van der Waals surface area (Å²) in [6, 6.07) is 14.4. The largest absolute Gasteiger partial charge is 0.493 e. The Hall–Kier alpha value is -2.82. The zero-order valence-electron chi connectivity index (χ0n) is 13.8. The molecule has 5 heteroatoms. The number of amides is 2. The second kappa shape index (κ2) is 6.74. The van der Waals surface area contributed by atoms with Gasteiger partial charge in [-0.15, -0.1) is 0 Å². The number of anilines is 2. The van der Waals surface area contributed by atoms with Gasteiger partial charge in [-0.05, 0) is 36.2 Å². The highest BCUT2D eigenvalue weighted by molar-refractivity contribution is 6.15. The average molecular weight is 324 g/mol. The normalized spacial score (nSPS) is 13.5. The van der Waals surface area contributed by atoms with Crippen LogP contribution in [0.3, 0.4) is 0 Å². The Labute approximate surface area is 141 Å². The summed E-state index contributed by atoms with van der Waals surface area (Å²) in [6.45, 7) is 4.73. The van der Waals surface area contributed by atoms with Crippen LogP contribution in [-0.4, -0.2) is 25.0 Å². The van der Waals surface area contributed by atoms with E-state index in [0.29, 0.717) is 35.2 Å². The molecule has 3 rings (SSSR count). The van der Waals surface area contributed by atoms with Gasteiger partial charge in [0.25, 0.3) is 5.91 Å². The zero-order chi connectivity index (χ0) is 17.1. The van der Waals surface area contributed by atoms with Crippen LogP contribution in [0.15, 0.2) is 48.5 Å². The van der Waals surface area contributed by atoms with Gasteiger partial charge in [-0.1, -0.05) is 32.0 Å². The van der Waals surface area contributed by atoms with Crippen LogP contribution in [0.4, 0.5) is 11.4 Å².